The number of hydrogen-bond donors (Lipinski definition) is 1. The second-order valence-corrected chi connectivity index (χ2v) is 7.16. The molecular weight excluding hydrogens is 320 g/mol. The van der Waals surface area contributed by atoms with Gasteiger partial charge in [-0.2, -0.15) is 5.10 Å². The Hall–Kier alpha value is -2.34. The number of aromatic nitrogens is 4. The van der Waals surface area contributed by atoms with Crippen molar-refractivity contribution in [1.82, 2.24) is 20.2 Å². The third-order valence-electron chi connectivity index (χ3n) is 4.31. The molecule has 0 fully saturated rings. The summed E-state index contributed by atoms with van der Waals surface area (Å²) in [6.45, 7) is 3.70. The summed E-state index contributed by atoms with van der Waals surface area (Å²) in [7, 11) is 0. The number of rotatable bonds is 4. The number of fused-ring (bicyclic) bond motifs is 3. The minimum Gasteiger partial charge on any atom is -0.300 e. The van der Waals surface area contributed by atoms with E-state index in [4.69, 9.17) is 0 Å². The highest BCUT2D eigenvalue weighted by atomic mass is 32.1. The first kappa shape index (κ1) is 15.2. The summed E-state index contributed by atoms with van der Waals surface area (Å²) in [4.78, 5) is 21.6. The quantitative estimate of drug-likeness (QED) is 0.791. The lowest BCUT2D eigenvalue weighted by molar-refractivity contribution is -0.116. The van der Waals surface area contributed by atoms with Crippen LogP contribution in [0.3, 0.4) is 0 Å². The van der Waals surface area contributed by atoms with Gasteiger partial charge >= 0.3 is 0 Å². The van der Waals surface area contributed by atoms with Crippen LogP contribution in [0.5, 0.6) is 0 Å². The highest BCUT2D eigenvalue weighted by Crippen LogP contribution is 2.40. The molecule has 0 aliphatic heterocycles. The van der Waals surface area contributed by atoms with Crippen LogP contribution < -0.4 is 0 Å². The molecule has 1 aliphatic rings. The average Bonchev–Trinajstić information content (AvgIpc) is 3.17. The summed E-state index contributed by atoms with van der Waals surface area (Å²) in [6, 6.07) is 4.15. The van der Waals surface area contributed by atoms with E-state index in [-0.39, 0.29) is 5.78 Å². The van der Waals surface area contributed by atoms with Crippen LogP contribution in [-0.4, -0.2) is 25.9 Å². The van der Waals surface area contributed by atoms with E-state index in [1.165, 1.54) is 5.56 Å². The predicted molar refractivity (Wildman–Crippen MR) is 94.1 cm³/mol. The minimum absolute atomic E-state index is 0.147. The minimum atomic E-state index is 0.147. The Labute approximate surface area is 144 Å². The number of aryl methyl sites for hydroxylation is 2. The molecule has 0 unspecified atom stereocenters. The van der Waals surface area contributed by atoms with Gasteiger partial charge in [-0.1, -0.05) is 6.92 Å². The lowest BCUT2D eigenvalue weighted by Crippen LogP contribution is -2.02. The average molecular weight is 338 g/mol. The van der Waals surface area contributed by atoms with E-state index in [2.05, 4.69) is 39.2 Å². The van der Waals surface area contributed by atoms with Crippen molar-refractivity contribution in [3.8, 4) is 21.8 Å². The fourth-order valence-electron chi connectivity index (χ4n) is 3.11. The van der Waals surface area contributed by atoms with Gasteiger partial charge in [0, 0.05) is 23.0 Å². The highest BCUT2D eigenvalue weighted by molar-refractivity contribution is 7.15. The monoisotopic (exact) mass is 338 g/mol. The molecule has 122 valence electrons. The van der Waals surface area contributed by atoms with Crippen LogP contribution in [0.1, 0.15) is 35.8 Å². The summed E-state index contributed by atoms with van der Waals surface area (Å²) in [6.07, 6.45) is 5.05. The van der Waals surface area contributed by atoms with Crippen molar-refractivity contribution in [2.45, 2.75) is 39.5 Å². The summed E-state index contributed by atoms with van der Waals surface area (Å²) in [5.41, 5.74) is 6.47. The largest absolute Gasteiger partial charge is 0.300 e. The van der Waals surface area contributed by atoms with Crippen molar-refractivity contribution in [1.29, 1.82) is 0 Å². The van der Waals surface area contributed by atoms with Crippen molar-refractivity contribution in [2.24, 2.45) is 0 Å². The highest BCUT2D eigenvalue weighted by Gasteiger charge is 2.26. The first-order chi connectivity index (χ1) is 11.7. The number of ketones is 1. The van der Waals surface area contributed by atoms with Crippen LogP contribution in [0, 0.1) is 0 Å². The third-order valence-corrected chi connectivity index (χ3v) is 5.42. The SMILES string of the molecule is CCc1ccc(-c2n[nH]c3c2CCc2nc(CC(C)=O)sc2-3)cn1. The number of thiazole rings is 1. The van der Waals surface area contributed by atoms with Gasteiger partial charge in [-0.05, 0) is 38.3 Å². The zero-order valence-corrected chi connectivity index (χ0v) is 14.5. The molecular formula is C18H18N4OS. The van der Waals surface area contributed by atoms with Crippen LogP contribution in [0.25, 0.3) is 21.8 Å². The van der Waals surface area contributed by atoms with E-state index < -0.39 is 0 Å². The second kappa shape index (κ2) is 5.94. The van der Waals surface area contributed by atoms with Gasteiger partial charge in [0.15, 0.2) is 0 Å². The van der Waals surface area contributed by atoms with Gasteiger partial charge in [0.25, 0.3) is 0 Å². The summed E-state index contributed by atoms with van der Waals surface area (Å²) in [5, 5.41) is 8.62. The van der Waals surface area contributed by atoms with Gasteiger partial charge in [0.1, 0.15) is 10.8 Å². The zero-order valence-electron chi connectivity index (χ0n) is 13.7. The second-order valence-electron chi connectivity index (χ2n) is 6.08. The number of carbonyl (C=O) groups is 1. The topological polar surface area (TPSA) is 71.5 Å². The Morgan fingerprint density at radius 2 is 2.21 bits per heavy atom. The number of H-pyrrole nitrogens is 1. The Morgan fingerprint density at radius 3 is 2.92 bits per heavy atom. The molecule has 0 amide bonds. The van der Waals surface area contributed by atoms with E-state index in [0.29, 0.717) is 6.42 Å². The van der Waals surface area contributed by atoms with Gasteiger partial charge in [-0.25, -0.2) is 4.98 Å². The van der Waals surface area contributed by atoms with E-state index in [0.717, 1.165) is 57.5 Å². The predicted octanol–water partition coefficient (Wildman–Crippen LogP) is 3.39. The Bertz CT molecular complexity index is 908. The number of pyridine rings is 1. The van der Waals surface area contributed by atoms with Gasteiger partial charge in [-0.3, -0.25) is 14.9 Å². The van der Waals surface area contributed by atoms with Crippen LogP contribution in [0.2, 0.25) is 0 Å². The molecule has 0 spiro atoms. The number of hydrogen-bond acceptors (Lipinski definition) is 5. The zero-order chi connectivity index (χ0) is 16.7. The van der Waals surface area contributed by atoms with Gasteiger partial charge in [0.2, 0.25) is 0 Å². The van der Waals surface area contributed by atoms with Gasteiger partial charge < -0.3 is 0 Å². The maximum absolute atomic E-state index is 11.4. The molecule has 1 N–H and O–H groups in total. The fraction of sp³-hybridized carbons (Fsp3) is 0.333. The number of nitrogens with zero attached hydrogens (tertiary/aromatic N) is 3. The first-order valence-corrected chi connectivity index (χ1v) is 8.98. The maximum atomic E-state index is 11.4. The molecule has 6 heteroatoms. The van der Waals surface area contributed by atoms with Gasteiger partial charge in [-0.15, -0.1) is 11.3 Å². The van der Waals surface area contributed by atoms with Crippen molar-refractivity contribution in [2.75, 3.05) is 0 Å². The third kappa shape index (κ3) is 2.57. The molecule has 5 nitrogen and oxygen atoms in total. The molecule has 0 atom stereocenters. The van der Waals surface area contributed by atoms with Crippen LogP contribution in [0.4, 0.5) is 0 Å². The normalized spacial score (nSPS) is 12.8. The lowest BCUT2D eigenvalue weighted by Gasteiger charge is -2.11. The molecule has 0 radical (unpaired) electrons. The van der Waals surface area contributed by atoms with Crippen LogP contribution in [-0.2, 0) is 30.5 Å². The maximum Gasteiger partial charge on any atom is 0.136 e. The smallest absolute Gasteiger partial charge is 0.136 e. The Balaban J connectivity index is 1.73. The number of aromatic amines is 1. The van der Waals surface area contributed by atoms with Crippen molar-refractivity contribution >= 4 is 17.1 Å². The molecule has 0 aromatic carbocycles. The molecule has 3 heterocycles. The lowest BCUT2D eigenvalue weighted by atomic mass is 9.95. The fourth-order valence-corrected chi connectivity index (χ4v) is 4.31. The van der Waals surface area contributed by atoms with E-state index in [1.54, 1.807) is 18.3 Å². The number of carbonyl (C=O) groups excluding carboxylic acids is 1. The molecule has 24 heavy (non-hydrogen) atoms. The van der Waals surface area contributed by atoms with Gasteiger partial charge in [0.05, 0.1) is 28.4 Å². The van der Waals surface area contributed by atoms with Crippen molar-refractivity contribution in [3.63, 3.8) is 0 Å². The number of nitrogens with one attached hydrogen (secondary N) is 1. The molecule has 3 aromatic heterocycles. The van der Waals surface area contributed by atoms with Crippen LogP contribution in [0.15, 0.2) is 18.3 Å². The van der Waals surface area contributed by atoms with E-state index in [1.807, 2.05) is 6.20 Å². The van der Waals surface area contributed by atoms with Crippen LogP contribution >= 0.6 is 11.3 Å². The van der Waals surface area contributed by atoms with Crippen molar-refractivity contribution in [3.05, 3.63) is 40.3 Å². The summed E-state index contributed by atoms with van der Waals surface area (Å²) in [5.74, 6) is 0.147. The summed E-state index contributed by atoms with van der Waals surface area (Å²) < 4.78 is 0. The van der Waals surface area contributed by atoms with E-state index in [9.17, 15) is 4.79 Å². The summed E-state index contributed by atoms with van der Waals surface area (Å²) >= 11 is 1.60. The Morgan fingerprint density at radius 1 is 1.33 bits per heavy atom. The first-order valence-electron chi connectivity index (χ1n) is 8.16. The number of Topliss-reactive ketones (excluding diaryl/α,β-unsaturated/α-hetero) is 1. The standard InChI is InChI=1S/C18H18N4OS/c1-3-12-5-4-11(9-19-12)16-13-6-7-14-18(17(13)22-21-16)24-15(20-14)8-10(2)23/h4-5,9H,3,6-8H2,1-2H3,(H,21,22). The molecule has 3 aromatic rings. The molecule has 1 aliphatic carbocycles. The molecule has 0 bridgehead atoms. The molecule has 4 rings (SSSR count). The molecule has 0 saturated heterocycles. The van der Waals surface area contributed by atoms with E-state index >= 15 is 0 Å². The Kier molecular flexibility index (Phi) is 3.76. The van der Waals surface area contributed by atoms with Crippen molar-refractivity contribution < 1.29 is 4.79 Å². The molecule has 0 saturated carbocycles.